The van der Waals surface area contributed by atoms with Crippen molar-refractivity contribution in [3.8, 4) is 0 Å². The number of nitrogens with one attached hydrogen (secondary N) is 1. The number of halogens is 4. The van der Waals surface area contributed by atoms with Gasteiger partial charge in [0.1, 0.15) is 0 Å². The zero-order valence-electron chi connectivity index (χ0n) is 14.9. The first kappa shape index (κ1) is 22.6. The van der Waals surface area contributed by atoms with Gasteiger partial charge in [-0.05, 0) is 36.5 Å². The third kappa shape index (κ3) is 5.91. The molecule has 0 aliphatic carbocycles. The van der Waals surface area contributed by atoms with E-state index in [1.165, 1.54) is 23.5 Å². The van der Waals surface area contributed by atoms with Crippen molar-refractivity contribution in [2.75, 3.05) is 18.5 Å². The summed E-state index contributed by atoms with van der Waals surface area (Å²) in [6.07, 6.45) is -0.781. The predicted molar refractivity (Wildman–Crippen MR) is 104 cm³/mol. The highest BCUT2D eigenvalue weighted by Crippen LogP contribution is 2.30. The van der Waals surface area contributed by atoms with E-state index in [2.05, 4.69) is 10.3 Å². The molecular formula is C18H21ClF3N3O2S. The Morgan fingerprint density at radius 1 is 1.29 bits per heavy atom. The maximum absolute atomic E-state index is 12.6. The van der Waals surface area contributed by atoms with E-state index in [4.69, 9.17) is 10.5 Å². The molecule has 2 aromatic rings. The van der Waals surface area contributed by atoms with Gasteiger partial charge < -0.3 is 15.8 Å². The first-order valence-electron chi connectivity index (χ1n) is 8.58. The van der Waals surface area contributed by atoms with Crippen LogP contribution < -0.4 is 11.1 Å². The summed E-state index contributed by atoms with van der Waals surface area (Å²) in [4.78, 5) is 17.3. The Morgan fingerprint density at radius 2 is 1.93 bits per heavy atom. The van der Waals surface area contributed by atoms with Crippen molar-refractivity contribution >= 4 is 34.8 Å². The molecular weight excluding hydrogens is 415 g/mol. The molecule has 10 heteroatoms. The van der Waals surface area contributed by atoms with Crippen LogP contribution in [-0.4, -0.2) is 30.1 Å². The van der Waals surface area contributed by atoms with E-state index in [1.54, 1.807) is 6.20 Å². The lowest BCUT2D eigenvalue weighted by atomic mass is 9.92. The molecule has 3 rings (SSSR count). The van der Waals surface area contributed by atoms with Gasteiger partial charge in [0.15, 0.2) is 5.13 Å². The second-order valence-corrected chi connectivity index (χ2v) is 7.58. The summed E-state index contributed by atoms with van der Waals surface area (Å²) in [5.74, 6) is -0.192. The first-order chi connectivity index (χ1) is 12.8. The van der Waals surface area contributed by atoms with E-state index in [0.29, 0.717) is 24.8 Å². The molecule has 1 aromatic heterocycles. The van der Waals surface area contributed by atoms with E-state index in [-0.39, 0.29) is 24.2 Å². The lowest BCUT2D eigenvalue weighted by Gasteiger charge is -2.26. The molecule has 0 spiro atoms. The fourth-order valence-corrected chi connectivity index (χ4v) is 3.79. The predicted octanol–water partition coefficient (Wildman–Crippen LogP) is 3.87. The number of carbonyl (C=O) groups excluding carboxylic acids is 1. The summed E-state index contributed by atoms with van der Waals surface area (Å²) in [7, 11) is 0. The van der Waals surface area contributed by atoms with E-state index >= 15 is 0 Å². The van der Waals surface area contributed by atoms with Crippen LogP contribution in [-0.2, 0) is 22.1 Å². The van der Waals surface area contributed by atoms with Gasteiger partial charge in [-0.15, -0.1) is 23.7 Å². The largest absolute Gasteiger partial charge is 0.416 e. The van der Waals surface area contributed by atoms with Crippen LogP contribution in [0.1, 0.15) is 28.8 Å². The normalized spacial score (nSPS) is 16.3. The number of ether oxygens (including phenoxy) is 1. The van der Waals surface area contributed by atoms with Gasteiger partial charge in [0.05, 0.1) is 11.6 Å². The third-order valence-electron chi connectivity index (χ3n) is 4.52. The third-order valence-corrected chi connectivity index (χ3v) is 5.43. The number of hydrogen-bond acceptors (Lipinski definition) is 5. The molecule has 1 saturated heterocycles. The molecule has 1 unspecified atom stereocenters. The monoisotopic (exact) mass is 435 g/mol. The van der Waals surface area contributed by atoms with Crippen molar-refractivity contribution in [1.29, 1.82) is 0 Å². The number of carbonyl (C=O) groups is 1. The molecule has 3 N–H and O–H groups in total. The molecule has 1 aromatic carbocycles. The highest BCUT2D eigenvalue weighted by atomic mass is 35.5. The maximum atomic E-state index is 12.6. The van der Waals surface area contributed by atoms with Gasteiger partial charge in [-0.1, -0.05) is 12.1 Å². The SMILES string of the molecule is Cl.NC(C(=O)Nc1ncc(Cc2ccc(C(F)(F)F)cc2)s1)C1CCOCC1. The van der Waals surface area contributed by atoms with Crippen LogP contribution >= 0.6 is 23.7 Å². The van der Waals surface area contributed by atoms with E-state index < -0.39 is 17.8 Å². The van der Waals surface area contributed by atoms with Crippen molar-refractivity contribution in [2.45, 2.75) is 31.5 Å². The molecule has 0 saturated carbocycles. The summed E-state index contributed by atoms with van der Waals surface area (Å²) in [5.41, 5.74) is 6.10. The van der Waals surface area contributed by atoms with Gasteiger partial charge in [0, 0.05) is 30.7 Å². The van der Waals surface area contributed by atoms with Crippen LogP contribution in [0, 0.1) is 5.92 Å². The minimum Gasteiger partial charge on any atom is -0.381 e. The number of hydrogen-bond donors (Lipinski definition) is 2. The Bertz CT molecular complexity index is 777. The standard InChI is InChI=1S/C18H20F3N3O2S.ClH/c19-18(20,21)13-3-1-11(2-4-13)9-14-10-23-17(27-14)24-16(25)15(22)12-5-7-26-8-6-12;/h1-4,10,12,15H,5-9,22H2,(H,23,24,25);1H. The first-order valence-corrected chi connectivity index (χ1v) is 9.39. The van der Waals surface area contributed by atoms with E-state index in [9.17, 15) is 18.0 Å². The molecule has 154 valence electrons. The Hall–Kier alpha value is -1.68. The van der Waals surface area contributed by atoms with Gasteiger partial charge >= 0.3 is 6.18 Å². The van der Waals surface area contributed by atoms with Crippen LogP contribution in [0.4, 0.5) is 18.3 Å². The van der Waals surface area contributed by atoms with Crippen molar-refractivity contribution in [1.82, 2.24) is 4.98 Å². The number of aromatic nitrogens is 1. The summed E-state index contributed by atoms with van der Waals surface area (Å²) in [5, 5.41) is 3.16. The van der Waals surface area contributed by atoms with Crippen molar-refractivity contribution < 1.29 is 22.7 Å². The van der Waals surface area contributed by atoms with E-state index in [0.717, 1.165) is 35.4 Å². The molecule has 1 fully saturated rings. The van der Waals surface area contributed by atoms with Crippen LogP contribution in [0.5, 0.6) is 0 Å². The minimum atomic E-state index is -4.34. The van der Waals surface area contributed by atoms with Gasteiger partial charge in [-0.2, -0.15) is 13.2 Å². The Morgan fingerprint density at radius 3 is 2.54 bits per heavy atom. The number of nitrogens with zero attached hydrogens (tertiary/aromatic N) is 1. The highest BCUT2D eigenvalue weighted by molar-refractivity contribution is 7.15. The molecule has 28 heavy (non-hydrogen) atoms. The second kappa shape index (κ2) is 9.69. The highest BCUT2D eigenvalue weighted by Gasteiger charge is 2.30. The fraction of sp³-hybridized carbons (Fsp3) is 0.444. The summed E-state index contributed by atoms with van der Waals surface area (Å²) in [6, 6.07) is 4.40. The molecule has 1 aliphatic heterocycles. The minimum absolute atomic E-state index is 0. The molecule has 1 atom stereocenters. The number of thiazole rings is 1. The number of alkyl halides is 3. The van der Waals surface area contributed by atoms with Crippen LogP contribution in [0.2, 0.25) is 0 Å². The number of rotatable bonds is 5. The molecule has 1 aliphatic rings. The van der Waals surface area contributed by atoms with Crippen LogP contribution in [0.25, 0.3) is 0 Å². The average molecular weight is 436 g/mol. The van der Waals surface area contributed by atoms with Crippen molar-refractivity contribution in [2.24, 2.45) is 11.7 Å². The Labute approximate surface area is 170 Å². The molecule has 1 amide bonds. The Kier molecular flexibility index (Phi) is 7.82. The second-order valence-electron chi connectivity index (χ2n) is 6.47. The van der Waals surface area contributed by atoms with Crippen molar-refractivity contribution in [3.63, 3.8) is 0 Å². The van der Waals surface area contributed by atoms with Crippen LogP contribution in [0.15, 0.2) is 30.5 Å². The average Bonchev–Trinajstić information content (AvgIpc) is 3.08. The topological polar surface area (TPSA) is 77.2 Å². The number of amides is 1. The molecule has 0 radical (unpaired) electrons. The molecule has 5 nitrogen and oxygen atoms in total. The number of anilines is 1. The van der Waals surface area contributed by atoms with Gasteiger partial charge in [0.2, 0.25) is 5.91 Å². The lowest BCUT2D eigenvalue weighted by molar-refractivity contribution is -0.137. The molecule has 2 heterocycles. The number of benzene rings is 1. The summed E-state index contributed by atoms with van der Waals surface area (Å²) >= 11 is 1.28. The quantitative estimate of drug-likeness (QED) is 0.747. The van der Waals surface area contributed by atoms with Crippen LogP contribution in [0.3, 0.4) is 0 Å². The Balaban J connectivity index is 0.00000280. The van der Waals surface area contributed by atoms with Gasteiger partial charge in [-0.25, -0.2) is 4.98 Å². The van der Waals surface area contributed by atoms with Gasteiger partial charge in [0.25, 0.3) is 0 Å². The van der Waals surface area contributed by atoms with Crippen molar-refractivity contribution in [3.05, 3.63) is 46.5 Å². The zero-order chi connectivity index (χ0) is 19.4. The summed E-state index contributed by atoms with van der Waals surface area (Å²) in [6.45, 7) is 1.22. The fourth-order valence-electron chi connectivity index (χ4n) is 2.94. The molecule has 0 bridgehead atoms. The van der Waals surface area contributed by atoms with E-state index in [1.807, 2.05) is 0 Å². The number of nitrogens with two attached hydrogens (primary N) is 1. The zero-order valence-corrected chi connectivity index (χ0v) is 16.5. The smallest absolute Gasteiger partial charge is 0.381 e. The lowest BCUT2D eigenvalue weighted by Crippen LogP contribution is -2.43. The van der Waals surface area contributed by atoms with Gasteiger partial charge in [-0.3, -0.25) is 4.79 Å². The maximum Gasteiger partial charge on any atom is 0.416 e. The summed E-state index contributed by atoms with van der Waals surface area (Å²) < 4.78 is 43.1.